The molecule has 0 saturated carbocycles. The highest BCUT2D eigenvalue weighted by molar-refractivity contribution is 14.1. The Hall–Kier alpha value is 0.310. The van der Waals surface area contributed by atoms with Gasteiger partial charge in [-0.25, -0.2) is 0 Å². The minimum atomic E-state index is 0.110. The van der Waals surface area contributed by atoms with E-state index in [0.717, 1.165) is 28.5 Å². The molecule has 1 unspecified atom stereocenters. The van der Waals surface area contributed by atoms with Gasteiger partial charge in [0.2, 0.25) is 0 Å². The van der Waals surface area contributed by atoms with Crippen LogP contribution in [0.3, 0.4) is 0 Å². The fraction of sp³-hybridized carbons (Fsp3) is 0.571. The average Bonchev–Trinajstić information content (AvgIpc) is 2.43. The number of methoxy groups -OCH3 is 1. The van der Waals surface area contributed by atoms with Gasteiger partial charge in [-0.1, -0.05) is 56.7 Å². The maximum absolute atomic E-state index is 5.87. The third-order valence-corrected chi connectivity index (χ3v) is 4.10. The molecule has 0 aromatic heterocycles. The van der Waals surface area contributed by atoms with E-state index in [0.29, 0.717) is 13.2 Å². The summed E-state index contributed by atoms with van der Waals surface area (Å²) in [7, 11) is 1.70. The van der Waals surface area contributed by atoms with E-state index in [1.165, 1.54) is 5.56 Å². The monoisotopic (exact) mass is 442 g/mol. The predicted octanol–water partition coefficient (Wildman–Crippen LogP) is 3.99. The Morgan fingerprint density at radius 3 is 2.63 bits per heavy atom. The molecule has 0 N–H and O–H groups in total. The van der Waals surface area contributed by atoms with Gasteiger partial charge in [0.05, 0.1) is 19.3 Å². The summed E-state index contributed by atoms with van der Waals surface area (Å²) in [5, 5.41) is 0. The van der Waals surface area contributed by atoms with Crippen molar-refractivity contribution in [2.45, 2.75) is 12.5 Å². The van der Waals surface area contributed by atoms with Crippen LogP contribution in [-0.4, -0.2) is 38.0 Å². The van der Waals surface area contributed by atoms with Gasteiger partial charge in [-0.05, 0) is 18.1 Å². The van der Waals surface area contributed by atoms with Crippen LogP contribution in [0.1, 0.15) is 18.1 Å². The molecule has 19 heavy (non-hydrogen) atoms. The first kappa shape index (κ1) is 17.4. The van der Waals surface area contributed by atoms with Crippen LogP contribution < -0.4 is 0 Å². The molecule has 1 atom stereocenters. The number of hydrogen-bond donors (Lipinski definition) is 0. The third-order valence-electron chi connectivity index (χ3n) is 2.58. The largest absolute Gasteiger partial charge is 0.385 e. The Labute approximate surface area is 137 Å². The van der Waals surface area contributed by atoms with Crippen LogP contribution in [0.5, 0.6) is 0 Å². The Morgan fingerprint density at radius 1 is 1.16 bits per heavy atom. The molecule has 0 saturated heterocycles. The molecule has 0 bridgehead atoms. The number of rotatable bonds is 10. The van der Waals surface area contributed by atoms with Crippen molar-refractivity contribution in [1.29, 1.82) is 0 Å². The van der Waals surface area contributed by atoms with E-state index in [1.807, 2.05) is 18.2 Å². The molecule has 0 aliphatic rings. The summed E-state index contributed by atoms with van der Waals surface area (Å²) in [5.74, 6) is 0. The molecule has 0 fully saturated rings. The number of hydrogen-bond acceptors (Lipinski definition) is 3. The van der Waals surface area contributed by atoms with Crippen LogP contribution in [0.4, 0.5) is 0 Å². The van der Waals surface area contributed by atoms with E-state index >= 15 is 0 Å². The fourth-order valence-corrected chi connectivity index (χ4v) is 2.88. The van der Waals surface area contributed by atoms with Gasteiger partial charge in [0.1, 0.15) is 0 Å². The second-order valence-corrected chi connectivity index (χ2v) is 5.73. The van der Waals surface area contributed by atoms with E-state index in [1.54, 1.807) is 7.11 Å². The van der Waals surface area contributed by atoms with Gasteiger partial charge >= 0.3 is 0 Å². The van der Waals surface area contributed by atoms with Gasteiger partial charge in [-0.15, -0.1) is 0 Å². The summed E-state index contributed by atoms with van der Waals surface area (Å²) in [6.07, 6.45) is 1.04. The lowest BCUT2D eigenvalue weighted by atomic mass is 10.1. The number of halogens is 2. The molecule has 1 aromatic rings. The summed E-state index contributed by atoms with van der Waals surface area (Å²) in [6, 6.07) is 8.17. The first-order valence-corrected chi connectivity index (χ1v) is 8.60. The quantitative estimate of drug-likeness (QED) is 0.311. The topological polar surface area (TPSA) is 27.7 Å². The second-order valence-electron chi connectivity index (χ2n) is 3.99. The van der Waals surface area contributed by atoms with Gasteiger partial charge in [0.25, 0.3) is 0 Å². The van der Waals surface area contributed by atoms with Crippen molar-refractivity contribution in [2.75, 3.05) is 38.0 Å². The number of ether oxygens (including phenoxy) is 3. The van der Waals surface area contributed by atoms with Gasteiger partial charge in [-0.2, -0.15) is 0 Å². The molecular weight excluding hydrogens is 423 g/mol. The Kier molecular flexibility index (Phi) is 10.1. The van der Waals surface area contributed by atoms with Crippen LogP contribution in [-0.2, 0) is 14.2 Å². The summed E-state index contributed by atoms with van der Waals surface area (Å²) in [6.45, 7) is 2.71. The molecule has 1 rings (SSSR count). The molecule has 0 amide bonds. The van der Waals surface area contributed by atoms with Crippen molar-refractivity contribution in [3.63, 3.8) is 0 Å². The molecule has 3 nitrogen and oxygen atoms in total. The summed E-state index contributed by atoms with van der Waals surface area (Å²) in [4.78, 5) is 0. The smallest absolute Gasteiger partial charge is 0.0926 e. The van der Waals surface area contributed by atoms with Crippen LogP contribution >= 0.6 is 38.5 Å². The third kappa shape index (κ3) is 7.04. The fourth-order valence-electron chi connectivity index (χ4n) is 1.61. The maximum Gasteiger partial charge on any atom is 0.0926 e. The normalized spacial score (nSPS) is 12.6. The van der Waals surface area contributed by atoms with Crippen molar-refractivity contribution in [3.05, 3.63) is 34.3 Å². The van der Waals surface area contributed by atoms with Gasteiger partial charge in [0, 0.05) is 29.2 Å². The highest BCUT2D eigenvalue weighted by Crippen LogP contribution is 2.27. The lowest BCUT2D eigenvalue weighted by molar-refractivity contribution is 0.0102. The van der Waals surface area contributed by atoms with E-state index in [4.69, 9.17) is 14.2 Å². The van der Waals surface area contributed by atoms with Crippen LogP contribution in [0.25, 0.3) is 0 Å². The van der Waals surface area contributed by atoms with E-state index in [-0.39, 0.29) is 6.10 Å². The highest BCUT2D eigenvalue weighted by Gasteiger charge is 2.13. The molecule has 5 heteroatoms. The van der Waals surface area contributed by atoms with E-state index in [2.05, 4.69) is 44.6 Å². The van der Waals surface area contributed by atoms with Crippen molar-refractivity contribution in [2.24, 2.45) is 0 Å². The van der Waals surface area contributed by atoms with Crippen LogP contribution in [0.15, 0.2) is 28.7 Å². The molecule has 0 aliphatic heterocycles. The molecule has 1 aromatic carbocycles. The molecule has 0 heterocycles. The zero-order chi connectivity index (χ0) is 13.9. The van der Waals surface area contributed by atoms with Gasteiger partial charge < -0.3 is 14.2 Å². The Balaban J connectivity index is 2.24. The van der Waals surface area contributed by atoms with E-state index < -0.39 is 0 Å². The highest BCUT2D eigenvalue weighted by atomic mass is 127. The van der Waals surface area contributed by atoms with Crippen LogP contribution in [0, 0.1) is 0 Å². The standard InChI is InChI=1S/C14H20BrIO3/c1-17-7-4-8-18-9-10-19-14(11-16)12-5-2-3-6-13(12)15/h2-3,5-6,14H,4,7-11H2,1H3. The molecule has 0 aliphatic carbocycles. The summed E-state index contributed by atoms with van der Waals surface area (Å²) < 4.78 is 18.3. The molecule has 0 spiro atoms. The summed E-state index contributed by atoms with van der Waals surface area (Å²) in [5.41, 5.74) is 1.19. The minimum absolute atomic E-state index is 0.110. The lowest BCUT2D eigenvalue weighted by Gasteiger charge is -2.17. The number of alkyl halides is 1. The van der Waals surface area contributed by atoms with Crippen molar-refractivity contribution < 1.29 is 14.2 Å². The SMILES string of the molecule is COCCCOCCOC(CI)c1ccccc1Br. The Bertz CT molecular complexity index is 349. The van der Waals surface area contributed by atoms with Crippen molar-refractivity contribution in [3.8, 4) is 0 Å². The zero-order valence-corrected chi connectivity index (χ0v) is 14.9. The number of benzene rings is 1. The van der Waals surface area contributed by atoms with Gasteiger partial charge in [0.15, 0.2) is 0 Å². The first-order valence-electron chi connectivity index (χ1n) is 6.28. The van der Waals surface area contributed by atoms with Crippen LogP contribution in [0.2, 0.25) is 0 Å². The second kappa shape index (κ2) is 11.0. The van der Waals surface area contributed by atoms with Crippen molar-refractivity contribution >= 4 is 38.5 Å². The zero-order valence-electron chi connectivity index (χ0n) is 11.1. The average molecular weight is 443 g/mol. The molecule has 0 radical (unpaired) electrons. The molecular formula is C14H20BrIO3. The first-order chi connectivity index (χ1) is 9.29. The molecule has 108 valence electrons. The minimum Gasteiger partial charge on any atom is -0.385 e. The summed E-state index contributed by atoms with van der Waals surface area (Å²) >= 11 is 5.91. The van der Waals surface area contributed by atoms with E-state index in [9.17, 15) is 0 Å². The Morgan fingerprint density at radius 2 is 1.95 bits per heavy atom. The lowest BCUT2D eigenvalue weighted by Crippen LogP contribution is -2.12. The predicted molar refractivity (Wildman–Crippen MR) is 89.0 cm³/mol. The maximum atomic E-state index is 5.87. The van der Waals surface area contributed by atoms with Gasteiger partial charge in [-0.3, -0.25) is 0 Å². The van der Waals surface area contributed by atoms with Crippen molar-refractivity contribution in [1.82, 2.24) is 0 Å².